The highest BCUT2D eigenvalue weighted by atomic mass is 16.4. The van der Waals surface area contributed by atoms with Crippen LogP contribution in [0.2, 0.25) is 0 Å². The lowest BCUT2D eigenvalue weighted by Crippen LogP contribution is -2.49. The van der Waals surface area contributed by atoms with Gasteiger partial charge in [0.25, 0.3) is 0 Å². The monoisotopic (exact) mass is 249 g/mol. The number of carbonyl (C=O) groups is 1. The lowest BCUT2D eigenvalue weighted by Gasteiger charge is -2.30. The van der Waals surface area contributed by atoms with Gasteiger partial charge in [0.1, 0.15) is 11.3 Å². The minimum atomic E-state index is -1.05. The first-order valence-electron chi connectivity index (χ1n) is 6.36. The third-order valence-corrected chi connectivity index (χ3v) is 3.64. The lowest BCUT2D eigenvalue weighted by atomic mass is 9.87. The number of aromatic hydroxyl groups is 1. The summed E-state index contributed by atoms with van der Waals surface area (Å²) in [7, 11) is 0. The molecule has 0 saturated heterocycles. The maximum atomic E-state index is 11.6. The van der Waals surface area contributed by atoms with Gasteiger partial charge in [-0.1, -0.05) is 19.1 Å². The van der Waals surface area contributed by atoms with Gasteiger partial charge in [0.05, 0.1) is 0 Å². The normalized spacial score (nSPS) is 18.3. The third kappa shape index (κ3) is 2.48. The minimum Gasteiger partial charge on any atom is -0.508 e. The Hall–Kier alpha value is -1.55. The van der Waals surface area contributed by atoms with E-state index in [1.807, 2.05) is 6.92 Å². The van der Waals surface area contributed by atoms with Gasteiger partial charge in [-0.15, -0.1) is 0 Å². The first-order chi connectivity index (χ1) is 8.58. The standard InChI is InChI=1S/C14H19NO3/c1-2-14(13(17)18,15-9-10-3-4-10)11-5-7-12(16)8-6-11/h5-8,10,15-16H,2-4,9H2,1H3,(H,17,18). The van der Waals surface area contributed by atoms with Crippen LogP contribution in [-0.4, -0.2) is 22.7 Å². The highest BCUT2D eigenvalue weighted by Crippen LogP contribution is 2.32. The second-order valence-electron chi connectivity index (χ2n) is 4.94. The average Bonchev–Trinajstić information content (AvgIpc) is 3.16. The Balaban J connectivity index is 2.26. The molecule has 1 aromatic carbocycles. The zero-order valence-corrected chi connectivity index (χ0v) is 10.5. The summed E-state index contributed by atoms with van der Waals surface area (Å²) in [5, 5.41) is 22.0. The van der Waals surface area contributed by atoms with Crippen molar-refractivity contribution in [1.82, 2.24) is 5.32 Å². The van der Waals surface area contributed by atoms with Gasteiger partial charge in [0, 0.05) is 0 Å². The van der Waals surface area contributed by atoms with E-state index < -0.39 is 11.5 Å². The fraction of sp³-hybridized carbons (Fsp3) is 0.500. The van der Waals surface area contributed by atoms with Gasteiger partial charge in [-0.2, -0.15) is 0 Å². The molecule has 0 spiro atoms. The van der Waals surface area contributed by atoms with Gasteiger partial charge < -0.3 is 10.2 Å². The molecule has 1 atom stereocenters. The maximum Gasteiger partial charge on any atom is 0.328 e. The molecule has 1 saturated carbocycles. The van der Waals surface area contributed by atoms with E-state index in [0.29, 0.717) is 17.9 Å². The number of carboxylic acid groups (broad SMARTS) is 1. The van der Waals surface area contributed by atoms with Crippen LogP contribution in [0.5, 0.6) is 5.75 Å². The van der Waals surface area contributed by atoms with Crippen LogP contribution >= 0.6 is 0 Å². The molecular formula is C14H19NO3. The number of nitrogens with one attached hydrogen (secondary N) is 1. The van der Waals surface area contributed by atoms with E-state index in [9.17, 15) is 15.0 Å². The zero-order chi connectivity index (χ0) is 13.2. The van der Waals surface area contributed by atoms with Crippen LogP contribution in [0.25, 0.3) is 0 Å². The van der Waals surface area contributed by atoms with E-state index in [1.165, 1.54) is 25.0 Å². The van der Waals surface area contributed by atoms with Crippen LogP contribution in [0.15, 0.2) is 24.3 Å². The minimum absolute atomic E-state index is 0.149. The summed E-state index contributed by atoms with van der Waals surface area (Å²) < 4.78 is 0. The summed E-state index contributed by atoms with van der Waals surface area (Å²) in [5.41, 5.74) is -0.355. The molecule has 1 aliphatic carbocycles. The number of rotatable bonds is 6. The fourth-order valence-corrected chi connectivity index (χ4v) is 2.17. The van der Waals surface area contributed by atoms with Crippen LogP contribution in [-0.2, 0) is 10.3 Å². The van der Waals surface area contributed by atoms with Gasteiger partial charge in [0.15, 0.2) is 0 Å². The predicted molar refractivity (Wildman–Crippen MR) is 68.4 cm³/mol. The van der Waals surface area contributed by atoms with Crippen molar-refractivity contribution in [3.8, 4) is 5.75 Å². The van der Waals surface area contributed by atoms with E-state index in [0.717, 1.165) is 6.54 Å². The van der Waals surface area contributed by atoms with Crippen molar-refractivity contribution < 1.29 is 15.0 Å². The molecule has 1 aromatic rings. The molecule has 2 rings (SSSR count). The summed E-state index contributed by atoms with van der Waals surface area (Å²) in [4.78, 5) is 11.6. The van der Waals surface area contributed by atoms with E-state index >= 15 is 0 Å². The molecule has 3 N–H and O–H groups in total. The van der Waals surface area contributed by atoms with Crippen molar-refractivity contribution in [1.29, 1.82) is 0 Å². The molecule has 0 aromatic heterocycles. The van der Waals surface area contributed by atoms with Crippen molar-refractivity contribution >= 4 is 5.97 Å². The molecule has 18 heavy (non-hydrogen) atoms. The van der Waals surface area contributed by atoms with Crippen molar-refractivity contribution in [2.45, 2.75) is 31.7 Å². The number of carboxylic acids is 1. The molecule has 1 aliphatic rings. The van der Waals surface area contributed by atoms with Gasteiger partial charge in [-0.3, -0.25) is 5.32 Å². The van der Waals surface area contributed by atoms with Gasteiger partial charge in [-0.05, 0) is 49.4 Å². The molecule has 0 radical (unpaired) electrons. The zero-order valence-electron chi connectivity index (χ0n) is 10.5. The van der Waals surface area contributed by atoms with Crippen molar-refractivity contribution in [3.05, 3.63) is 29.8 Å². The highest BCUT2D eigenvalue weighted by Gasteiger charge is 2.39. The van der Waals surface area contributed by atoms with E-state index in [2.05, 4.69) is 5.32 Å². The van der Waals surface area contributed by atoms with Crippen LogP contribution < -0.4 is 5.32 Å². The second kappa shape index (κ2) is 4.98. The number of benzene rings is 1. The molecule has 1 unspecified atom stereocenters. The summed E-state index contributed by atoms with van der Waals surface area (Å²) in [6, 6.07) is 6.41. The summed E-state index contributed by atoms with van der Waals surface area (Å²) >= 11 is 0. The van der Waals surface area contributed by atoms with Crippen LogP contribution in [0.1, 0.15) is 31.7 Å². The Labute approximate surface area is 107 Å². The Bertz CT molecular complexity index is 425. The SMILES string of the molecule is CCC(NCC1CC1)(C(=O)O)c1ccc(O)cc1. The largest absolute Gasteiger partial charge is 0.508 e. The number of phenols is 1. The average molecular weight is 249 g/mol. The van der Waals surface area contributed by atoms with Gasteiger partial charge >= 0.3 is 5.97 Å². The summed E-state index contributed by atoms with van der Waals surface area (Å²) in [6.45, 7) is 2.60. The lowest BCUT2D eigenvalue weighted by molar-refractivity contribution is -0.145. The number of aliphatic carboxylic acids is 1. The molecule has 0 amide bonds. The van der Waals surface area contributed by atoms with Crippen molar-refractivity contribution in [3.63, 3.8) is 0 Å². The molecule has 4 heteroatoms. The Kier molecular flexibility index (Phi) is 3.57. The molecule has 0 aliphatic heterocycles. The van der Waals surface area contributed by atoms with Gasteiger partial charge in [0.2, 0.25) is 0 Å². The summed E-state index contributed by atoms with van der Waals surface area (Å²) in [6.07, 6.45) is 2.84. The maximum absolute atomic E-state index is 11.6. The van der Waals surface area contributed by atoms with E-state index in [1.54, 1.807) is 12.1 Å². The second-order valence-corrected chi connectivity index (χ2v) is 4.94. The van der Waals surface area contributed by atoms with Crippen LogP contribution in [0.4, 0.5) is 0 Å². The fourth-order valence-electron chi connectivity index (χ4n) is 2.17. The van der Waals surface area contributed by atoms with E-state index in [-0.39, 0.29) is 5.75 Å². The first-order valence-corrected chi connectivity index (χ1v) is 6.36. The molecule has 1 fully saturated rings. The molecule has 98 valence electrons. The Morgan fingerprint density at radius 1 is 1.39 bits per heavy atom. The van der Waals surface area contributed by atoms with Crippen LogP contribution in [0, 0.1) is 5.92 Å². The third-order valence-electron chi connectivity index (χ3n) is 3.64. The molecule has 4 nitrogen and oxygen atoms in total. The highest BCUT2D eigenvalue weighted by molar-refractivity contribution is 5.80. The smallest absolute Gasteiger partial charge is 0.328 e. The first kappa shape index (κ1) is 12.9. The van der Waals surface area contributed by atoms with Crippen LogP contribution in [0.3, 0.4) is 0 Å². The number of phenolic OH excluding ortho intramolecular Hbond substituents is 1. The van der Waals surface area contributed by atoms with Crippen molar-refractivity contribution in [2.24, 2.45) is 5.92 Å². The number of hydrogen-bond acceptors (Lipinski definition) is 3. The van der Waals surface area contributed by atoms with Gasteiger partial charge in [-0.25, -0.2) is 4.79 Å². The topological polar surface area (TPSA) is 69.6 Å². The Morgan fingerprint density at radius 3 is 2.44 bits per heavy atom. The molecular weight excluding hydrogens is 230 g/mol. The predicted octanol–water partition coefficient (Wildman–Crippen LogP) is 2.08. The van der Waals surface area contributed by atoms with Crippen molar-refractivity contribution in [2.75, 3.05) is 6.54 Å². The van der Waals surface area contributed by atoms with E-state index in [4.69, 9.17) is 0 Å². The Morgan fingerprint density at radius 2 is 2.00 bits per heavy atom. The molecule has 0 heterocycles. The number of hydrogen-bond donors (Lipinski definition) is 3. The molecule has 0 bridgehead atoms. The quantitative estimate of drug-likeness (QED) is 0.722. The summed E-state index contributed by atoms with van der Waals surface area (Å²) in [5.74, 6) is -0.0972.